The number of nitrogens with zero attached hydrogens (tertiary/aromatic N) is 2. The van der Waals surface area contributed by atoms with Gasteiger partial charge in [-0.1, -0.05) is 20.8 Å². The Balaban J connectivity index is 3.23. The molecule has 90 valence electrons. The molecular formula is C11H18BrN3O. The lowest BCUT2D eigenvalue weighted by atomic mass is 10.1. The summed E-state index contributed by atoms with van der Waals surface area (Å²) in [6.07, 6.45) is 0.739. The molecule has 1 rings (SSSR count). The van der Waals surface area contributed by atoms with Crippen LogP contribution < -0.4 is 5.73 Å². The molecule has 1 unspecified atom stereocenters. The van der Waals surface area contributed by atoms with Crippen LogP contribution in [-0.2, 0) is 4.74 Å². The standard InChI is InChI=1S/C11H18BrN3O/c1-5-7(16-4)11-14-9(6(2)3)8(12)10(13)15-11/h6-7H,5H2,1-4H3,(H2,13,14,15). The molecule has 0 saturated heterocycles. The van der Waals surface area contributed by atoms with Gasteiger partial charge in [0.2, 0.25) is 0 Å². The third-order valence-corrected chi connectivity index (χ3v) is 3.22. The van der Waals surface area contributed by atoms with Crippen molar-refractivity contribution in [3.63, 3.8) is 0 Å². The van der Waals surface area contributed by atoms with Gasteiger partial charge in [-0.25, -0.2) is 9.97 Å². The van der Waals surface area contributed by atoms with E-state index in [0.717, 1.165) is 16.6 Å². The number of nitrogens with two attached hydrogens (primary N) is 1. The Hall–Kier alpha value is -0.680. The highest BCUT2D eigenvalue weighted by Gasteiger charge is 2.18. The summed E-state index contributed by atoms with van der Waals surface area (Å²) in [7, 11) is 1.66. The second-order valence-electron chi connectivity index (χ2n) is 3.95. The number of halogens is 1. The molecule has 16 heavy (non-hydrogen) atoms. The Kier molecular flexibility index (Phi) is 4.68. The topological polar surface area (TPSA) is 61.0 Å². The summed E-state index contributed by atoms with van der Waals surface area (Å²) in [5.74, 6) is 1.44. The summed E-state index contributed by atoms with van der Waals surface area (Å²) in [6, 6.07) is 0. The van der Waals surface area contributed by atoms with E-state index in [9.17, 15) is 0 Å². The maximum Gasteiger partial charge on any atom is 0.159 e. The van der Waals surface area contributed by atoms with Gasteiger partial charge in [0.25, 0.3) is 0 Å². The SMILES string of the molecule is CCC(OC)c1nc(N)c(Br)c(C(C)C)n1. The molecule has 0 aliphatic rings. The fraction of sp³-hybridized carbons (Fsp3) is 0.636. The van der Waals surface area contributed by atoms with Crippen molar-refractivity contribution in [3.8, 4) is 0 Å². The van der Waals surface area contributed by atoms with Gasteiger partial charge in [-0.3, -0.25) is 0 Å². The molecule has 0 aliphatic carbocycles. The molecule has 0 bridgehead atoms. The summed E-state index contributed by atoms with van der Waals surface area (Å²) in [5, 5.41) is 0. The third-order valence-electron chi connectivity index (χ3n) is 2.41. The molecule has 0 radical (unpaired) electrons. The van der Waals surface area contributed by atoms with Gasteiger partial charge < -0.3 is 10.5 Å². The largest absolute Gasteiger partial charge is 0.383 e. The molecule has 1 aromatic heterocycles. The summed E-state index contributed by atoms with van der Waals surface area (Å²) in [4.78, 5) is 8.76. The second-order valence-corrected chi connectivity index (χ2v) is 4.75. The summed E-state index contributed by atoms with van der Waals surface area (Å²) in [5.41, 5.74) is 6.78. The van der Waals surface area contributed by atoms with E-state index in [2.05, 4.69) is 39.7 Å². The van der Waals surface area contributed by atoms with Gasteiger partial charge in [-0.05, 0) is 28.3 Å². The zero-order valence-electron chi connectivity index (χ0n) is 10.1. The molecule has 1 heterocycles. The van der Waals surface area contributed by atoms with Crippen LogP contribution in [0.15, 0.2) is 4.47 Å². The second kappa shape index (κ2) is 5.59. The van der Waals surface area contributed by atoms with Crippen LogP contribution in [0.4, 0.5) is 5.82 Å². The molecule has 4 nitrogen and oxygen atoms in total. The minimum atomic E-state index is -0.0899. The lowest BCUT2D eigenvalue weighted by Gasteiger charge is -2.16. The molecule has 0 saturated carbocycles. The molecule has 1 atom stereocenters. The van der Waals surface area contributed by atoms with Gasteiger partial charge in [-0.15, -0.1) is 0 Å². The quantitative estimate of drug-likeness (QED) is 0.925. The van der Waals surface area contributed by atoms with E-state index >= 15 is 0 Å². The zero-order valence-corrected chi connectivity index (χ0v) is 11.7. The van der Waals surface area contributed by atoms with Crippen molar-refractivity contribution >= 4 is 21.7 Å². The Labute approximate surface area is 105 Å². The fourth-order valence-corrected chi connectivity index (χ4v) is 2.12. The third kappa shape index (κ3) is 2.71. The summed E-state index contributed by atoms with van der Waals surface area (Å²) >= 11 is 3.42. The van der Waals surface area contributed by atoms with E-state index in [4.69, 9.17) is 10.5 Å². The zero-order chi connectivity index (χ0) is 12.3. The lowest BCUT2D eigenvalue weighted by Crippen LogP contribution is -2.11. The molecule has 0 spiro atoms. The molecule has 2 N–H and O–H groups in total. The summed E-state index contributed by atoms with van der Waals surface area (Å²) in [6.45, 7) is 6.18. The van der Waals surface area contributed by atoms with Crippen LogP contribution >= 0.6 is 15.9 Å². The molecular weight excluding hydrogens is 270 g/mol. The highest BCUT2D eigenvalue weighted by molar-refractivity contribution is 9.10. The van der Waals surface area contributed by atoms with Crippen LogP contribution in [0.5, 0.6) is 0 Å². The van der Waals surface area contributed by atoms with Gasteiger partial charge in [0, 0.05) is 7.11 Å². The van der Waals surface area contributed by atoms with Crippen molar-refractivity contribution in [2.24, 2.45) is 0 Å². The first-order valence-electron chi connectivity index (χ1n) is 5.36. The maximum atomic E-state index is 5.85. The number of hydrogen-bond donors (Lipinski definition) is 1. The number of aromatic nitrogens is 2. The van der Waals surface area contributed by atoms with Crippen molar-refractivity contribution in [3.05, 3.63) is 16.0 Å². The summed E-state index contributed by atoms with van der Waals surface area (Å²) < 4.78 is 6.11. The first kappa shape index (κ1) is 13.4. The van der Waals surface area contributed by atoms with E-state index in [0.29, 0.717) is 17.6 Å². The normalized spacial score (nSPS) is 13.1. The van der Waals surface area contributed by atoms with Crippen LogP contribution in [0.2, 0.25) is 0 Å². The molecule has 5 heteroatoms. The minimum absolute atomic E-state index is 0.0899. The van der Waals surface area contributed by atoms with Gasteiger partial charge in [0.05, 0.1) is 10.2 Å². The first-order valence-corrected chi connectivity index (χ1v) is 6.16. The Morgan fingerprint density at radius 3 is 2.44 bits per heavy atom. The Morgan fingerprint density at radius 1 is 1.38 bits per heavy atom. The van der Waals surface area contributed by atoms with E-state index in [1.165, 1.54) is 0 Å². The smallest absolute Gasteiger partial charge is 0.159 e. The van der Waals surface area contributed by atoms with Crippen molar-refractivity contribution < 1.29 is 4.74 Å². The van der Waals surface area contributed by atoms with Crippen LogP contribution in [0.3, 0.4) is 0 Å². The van der Waals surface area contributed by atoms with Gasteiger partial charge in [0.15, 0.2) is 5.82 Å². The van der Waals surface area contributed by atoms with Crippen LogP contribution in [0.25, 0.3) is 0 Å². The number of rotatable bonds is 4. The van der Waals surface area contributed by atoms with Crippen LogP contribution in [-0.4, -0.2) is 17.1 Å². The van der Waals surface area contributed by atoms with Crippen molar-refractivity contribution in [1.29, 1.82) is 0 Å². The number of nitrogen functional groups attached to an aromatic ring is 1. The molecule has 0 fully saturated rings. The predicted octanol–water partition coefficient (Wildman–Crippen LogP) is 3.04. The van der Waals surface area contributed by atoms with Crippen molar-refractivity contribution in [1.82, 2.24) is 9.97 Å². The number of anilines is 1. The monoisotopic (exact) mass is 287 g/mol. The van der Waals surface area contributed by atoms with Crippen molar-refractivity contribution in [2.45, 2.75) is 39.2 Å². The lowest BCUT2D eigenvalue weighted by molar-refractivity contribution is 0.0924. The minimum Gasteiger partial charge on any atom is -0.383 e. The van der Waals surface area contributed by atoms with Crippen molar-refractivity contribution in [2.75, 3.05) is 12.8 Å². The van der Waals surface area contributed by atoms with Gasteiger partial charge >= 0.3 is 0 Å². The average Bonchev–Trinajstić information content (AvgIpc) is 2.24. The Morgan fingerprint density at radius 2 is 2.00 bits per heavy atom. The Bertz CT molecular complexity index is 364. The average molecular weight is 288 g/mol. The molecule has 0 aromatic carbocycles. The molecule has 0 aliphatic heterocycles. The van der Waals surface area contributed by atoms with Crippen LogP contribution in [0, 0.1) is 0 Å². The van der Waals surface area contributed by atoms with E-state index in [-0.39, 0.29) is 6.10 Å². The predicted molar refractivity (Wildman–Crippen MR) is 68.3 cm³/mol. The highest BCUT2D eigenvalue weighted by atomic mass is 79.9. The number of hydrogen-bond acceptors (Lipinski definition) is 4. The molecule has 1 aromatic rings. The van der Waals surface area contributed by atoms with E-state index < -0.39 is 0 Å². The van der Waals surface area contributed by atoms with Gasteiger partial charge in [0.1, 0.15) is 11.9 Å². The highest BCUT2D eigenvalue weighted by Crippen LogP contribution is 2.29. The molecule has 0 amide bonds. The number of methoxy groups -OCH3 is 1. The van der Waals surface area contributed by atoms with E-state index in [1.54, 1.807) is 7.11 Å². The fourth-order valence-electron chi connectivity index (χ4n) is 1.48. The maximum absolute atomic E-state index is 5.85. The number of ether oxygens (including phenoxy) is 1. The van der Waals surface area contributed by atoms with E-state index in [1.807, 2.05) is 6.92 Å². The van der Waals surface area contributed by atoms with Crippen LogP contribution in [0.1, 0.15) is 50.7 Å². The van der Waals surface area contributed by atoms with Gasteiger partial charge in [-0.2, -0.15) is 0 Å². The first-order chi connectivity index (χ1) is 7.51.